The lowest BCUT2D eigenvalue weighted by atomic mass is 9.87. The van der Waals surface area contributed by atoms with Gasteiger partial charge in [0, 0.05) is 18.0 Å². The third-order valence-corrected chi connectivity index (χ3v) is 5.29. The van der Waals surface area contributed by atoms with Crippen molar-refractivity contribution in [2.24, 2.45) is 5.41 Å². The van der Waals surface area contributed by atoms with Gasteiger partial charge in [0.05, 0.1) is 6.07 Å². The van der Waals surface area contributed by atoms with Crippen LogP contribution in [0, 0.1) is 16.7 Å². The second-order valence-corrected chi connectivity index (χ2v) is 8.04. The zero-order valence-electron chi connectivity index (χ0n) is 18.5. The van der Waals surface area contributed by atoms with E-state index >= 15 is 0 Å². The fourth-order valence-electron chi connectivity index (χ4n) is 3.34. The number of nitrogens with zero attached hydrogens (tertiary/aromatic N) is 3. The van der Waals surface area contributed by atoms with E-state index in [-0.39, 0.29) is 0 Å². The predicted molar refractivity (Wildman–Crippen MR) is 119 cm³/mol. The van der Waals surface area contributed by atoms with E-state index in [9.17, 15) is 10.1 Å². The molecule has 160 valence electrons. The van der Waals surface area contributed by atoms with E-state index in [1.54, 1.807) is 19.1 Å². The Labute approximate surface area is 180 Å². The molecule has 0 aliphatic heterocycles. The summed E-state index contributed by atoms with van der Waals surface area (Å²) < 4.78 is 5.41. The number of unbranched alkanes of at least 4 members (excludes halogenated alkanes) is 5. The third kappa shape index (κ3) is 6.95. The minimum Gasteiger partial charge on any atom is -0.425 e. The zero-order valence-corrected chi connectivity index (χ0v) is 18.5. The molecule has 0 N–H and O–H groups in total. The van der Waals surface area contributed by atoms with Crippen molar-refractivity contribution < 1.29 is 9.53 Å². The Morgan fingerprint density at radius 2 is 1.63 bits per heavy atom. The van der Waals surface area contributed by atoms with E-state index in [2.05, 4.69) is 23.0 Å². The van der Waals surface area contributed by atoms with E-state index in [1.165, 1.54) is 38.5 Å². The molecular formula is C25H33N3O2. The van der Waals surface area contributed by atoms with E-state index in [0.717, 1.165) is 24.0 Å². The Morgan fingerprint density at radius 3 is 2.23 bits per heavy atom. The van der Waals surface area contributed by atoms with Gasteiger partial charge < -0.3 is 4.74 Å². The molecule has 5 heteroatoms. The summed E-state index contributed by atoms with van der Waals surface area (Å²) in [7, 11) is 0. The molecule has 0 spiro atoms. The average molecular weight is 408 g/mol. The Kier molecular flexibility index (Phi) is 9.47. The van der Waals surface area contributed by atoms with Crippen LogP contribution in [0.3, 0.4) is 0 Å². The molecule has 0 amide bonds. The molecule has 1 aromatic carbocycles. The van der Waals surface area contributed by atoms with Crippen LogP contribution in [0.4, 0.5) is 0 Å². The van der Waals surface area contributed by atoms with E-state index < -0.39 is 11.4 Å². The molecule has 2 aromatic rings. The first-order chi connectivity index (χ1) is 14.5. The largest absolute Gasteiger partial charge is 0.425 e. The summed E-state index contributed by atoms with van der Waals surface area (Å²) in [5.41, 5.74) is 0.895. The molecule has 5 nitrogen and oxygen atoms in total. The number of hydrogen-bond donors (Lipinski definition) is 0. The van der Waals surface area contributed by atoms with Gasteiger partial charge in [0.2, 0.25) is 0 Å². The van der Waals surface area contributed by atoms with Crippen LogP contribution in [0.1, 0.15) is 77.7 Å². The highest BCUT2D eigenvalue weighted by molar-refractivity contribution is 5.81. The van der Waals surface area contributed by atoms with Crippen LogP contribution in [-0.2, 0) is 11.2 Å². The monoisotopic (exact) mass is 407 g/mol. The van der Waals surface area contributed by atoms with E-state index in [0.29, 0.717) is 18.0 Å². The lowest BCUT2D eigenvalue weighted by molar-refractivity contribution is -0.142. The number of aromatic nitrogens is 2. The number of rotatable bonds is 12. The lowest BCUT2D eigenvalue weighted by Gasteiger charge is -2.18. The van der Waals surface area contributed by atoms with Crippen LogP contribution >= 0.6 is 0 Å². The first-order valence-electron chi connectivity index (χ1n) is 11.1. The summed E-state index contributed by atoms with van der Waals surface area (Å²) in [6, 6.07) is 9.16. The van der Waals surface area contributed by atoms with Gasteiger partial charge in [-0.1, -0.05) is 52.4 Å². The molecule has 0 aliphatic carbocycles. The number of hydrogen-bond acceptors (Lipinski definition) is 5. The highest BCUT2D eigenvalue weighted by Gasteiger charge is 2.34. The SMILES string of the molecule is CCCCCCCCc1cnc(-c2ccc(OC(=O)C(C)(C#N)CCC)cc2)nc1. The van der Waals surface area contributed by atoms with Gasteiger partial charge in [0.1, 0.15) is 5.75 Å². The molecule has 0 saturated carbocycles. The summed E-state index contributed by atoms with van der Waals surface area (Å²) >= 11 is 0. The Bertz CT molecular complexity index is 825. The average Bonchev–Trinajstić information content (AvgIpc) is 2.77. The van der Waals surface area contributed by atoms with Crippen molar-refractivity contribution >= 4 is 5.97 Å². The number of carbonyl (C=O) groups is 1. The fraction of sp³-hybridized carbons (Fsp3) is 0.520. The number of esters is 1. The van der Waals surface area contributed by atoms with Crippen LogP contribution in [-0.4, -0.2) is 15.9 Å². The number of benzene rings is 1. The number of carbonyl (C=O) groups excluding carboxylic acids is 1. The highest BCUT2D eigenvalue weighted by atomic mass is 16.5. The summed E-state index contributed by atoms with van der Waals surface area (Å²) in [6.07, 6.45) is 13.7. The molecule has 1 heterocycles. The van der Waals surface area contributed by atoms with Crippen molar-refractivity contribution in [2.75, 3.05) is 0 Å². The summed E-state index contributed by atoms with van der Waals surface area (Å²) in [4.78, 5) is 21.3. The summed E-state index contributed by atoms with van der Waals surface area (Å²) in [5.74, 6) is 0.545. The normalized spacial score (nSPS) is 12.7. The number of ether oxygens (including phenoxy) is 1. The topological polar surface area (TPSA) is 75.9 Å². The zero-order chi connectivity index (χ0) is 21.8. The van der Waals surface area contributed by atoms with Crippen molar-refractivity contribution in [1.29, 1.82) is 5.26 Å². The molecule has 0 radical (unpaired) electrons. The Morgan fingerprint density at radius 1 is 1.00 bits per heavy atom. The molecule has 1 atom stereocenters. The maximum Gasteiger partial charge on any atom is 0.331 e. The van der Waals surface area contributed by atoms with Gasteiger partial charge >= 0.3 is 5.97 Å². The van der Waals surface area contributed by atoms with Crippen LogP contribution in [0.2, 0.25) is 0 Å². The van der Waals surface area contributed by atoms with Gasteiger partial charge in [-0.2, -0.15) is 5.26 Å². The van der Waals surface area contributed by atoms with Crippen molar-refractivity contribution in [2.45, 2.75) is 78.6 Å². The van der Waals surface area contributed by atoms with Gasteiger partial charge in [-0.15, -0.1) is 0 Å². The lowest BCUT2D eigenvalue weighted by Crippen LogP contribution is -2.30. The molecule has 30 heavy (non-hydrogen) atoms. The minimum atomic E-state index is -1.12. The molecule has 0 saturated heterocycles. The second kappa shape index (κ2) is 12.1. The van der Waals surface area contributed by atoms with Crippen LogP contribution in [0.15, 0.2) is 36.7 Å². The molecule has 1 aromatic heterocycles. The second-order valence-electron chi connectivity index (χ2n) is 8.04. The first-order valence-corrected chi connectivity index (χ1v) is 11.1. The van der Waals surface area contributed by atoms with Crippen molar-refractivity contribution in [3.8, 4) is 23.2 Å². The molecular weight excluding hydrogens is 374 g/mol. The molecule has 0 fully saturated rings. The van der Waals surface area contributed by atoms with Gasteiger partial charge in [-0.3, -0.25) is 0 Å². The van der Waals surface area contributed by atoms with Gasteiger partial charge in [0.15, 0.2) is 11.2 Å². The Hall–Kier alpha value is -2.74. The summed E-state index contributed by atoms with van der Waals surface area (Å²) in [5, 5.41) is 9.32. The number of nitriles is 1. The fourth-order valence-corrected chi connectivity index (χ4v) is 3.34. The first kappa shape index (κ1) is 23.5. The van der Waals surface area contributed by atoms with E-state index in [1.807, 2.05) is 31.5 Å². The van der Waals surface area contributed by atoms with Gasteiger partial charge in [0.25, 0.3) is 0 Å². The minimum absolute atomic E-state index is 0.418. The molecule has 2 rings (SSSR count). The summed E-state index contributed by atoms with van der Waals surface area (Å²) in [6.45, 7) is 5.79. The van der Waals surface area contributed by atoms with Crippen molar-refractivity contribution in [3.05, 3.63) is 42.2 Å². The highest BCUT2D eigenvalue weighted by Crippen LogP contribution is 2.26. The van der Waals surface area contributed by atoms with Crippen LogP contribution < -0.4 is 4.74 Å². The van der Waals surface area contributed by atoms with Gasteiger partial charge in [-0.05, 0) is 56.0 Å². The van der Waals surface area contributed by atoms with Crippen molar-refractivity contribution in [1.82, 2.24) is 9.97 Å². The van der Waals surface area contributed by atoms with Crippen LogP contribution in [0.25, 0.3) is 11.4 Å². The quantitative estimate of drug-likeness (QED) is 0.235. The Balaban J connectivity index is 1.90. The predicted octanol–water partition coefficient (Wildman–Crippen LogP) is 6.28. The molecule has 0 aliphatic rings. The van der Waals surface area contributed by atoms with E-state index in [4.69, 9.17) is 4.74 Å². The van der Waals surface area contributed by atoms with Gasteiger partial charge in [-0.25, -0.2) is 14.8 Å². The standard InChI is InChI=1S/C25H33N3O2/c1-4-6-7-8-9-10-11-20-17-27-23(28-18-20)21-12-14-22(15-13-21)30-24(29)25(3,19-26)16-5-2/h12-15,17-18H,4-11,16H2,1-3H3. The number of aryl methyl sites for hydroxylation is 1. The third-order valence-electron chi connectivity index (χ3n) is 5.29. The smallest absolute Gasteiger partial charge is 0.331 e. The molecule has 1 unspecified atom stereocenters. The van der Waals surface area contributed by atoms with Crippen molar-refractivity contribution in [3.63, 3.8) is 0 Å². The maximum absolute atomic E-state index is 12.3. The maximum atomic E-state index is 12.3. The van der Waals surface area contributed by atoms with Crippen LogP contribution in [0.5, 0.6) is 5.75 Å². The molecule has 0 bridgehead atoms.